The summed E-state index contributed by atoms with van der Waals surface area (Å²) in [5.41, 5.74) is 0. The van der Waals surface area contributed by atoms with Crippen LogP contribution in [0.2, 0.25) is 0 Å². The Labute approximate surface area is 148 Å². The Morgan fingerprint density at radius 2 is 2.04 bits per heavy atom. The number of likely N-dealkylation sites (tertiary alicyclic amines) is 1. The third-order valence-corrected chi connectivity index (χ3v) is 4.96. The molecular formula is C18H27N5O2. The number of aryl methyl sites for hydroxylation is 1. The largest absolute Gasteiger partial charge is 0.341 e. The van der Waals surface area contributed by atoms with Crippen LogP contribution in [0, 0.1) is 12.8 Å². The van der Waals surface area contributed by atoms with Gasteiger partial charge >= 0.3 is 0 Å². The van der Waals surface area contributed by atoms with Gasteiger partial charge in [-0.3, -0.25) is 4.79 Å². The van der Waals surface area contributed by atoms with E-state index in [2.05, 4.69) is 29.0 Å². The summed E-state index contributed by atoms with van der Waals surface area (Å²) < 4.78 is 7.04. The van der Waals surface area contributed by atoms with E-state index >= 15 is 0 Å². The van der Waals surface area contributed by atoms with Gasteiger partial charge in [-0.1, -0.05) is 19.0 Å². The summed E-state index contributed by atoms with van der Waals surface area (Å²) in [6.07, 6.45) is 6.47. The molecule has 136 valence electrons. The van der Waals surface area contributed by atoms with Gasteiger partial charge in [0.2, 0.25) is 11.8 Å². The molecule has 1 fully saturated rings. The molecule has 1 unspecified atom stereocenters. The van der Waals surface area contributed by atoms with Crippen LogP contribution < -0.4 is 0 Å². The summed E-state index contributed by atoms with van der Waals surface area (Å²) >= 11 is 0. The summed E-state index contributed by atoms with van der Waals surface area (Å²) in [6, 6.07) is -0.212. The average molecular weight is 345 g/mol. The number of carbonyl (C=O) groups excluding carboxylic acids is 1. The lowest BCUT2D eigenvalue weighted by Gasteiger charge is -2.33. The number of piperidine rings is 1. The molecule has 3 heterocycles. The molecule has 7 nitrogen and oxygen atoms in total. The SMILES string of the molecule is Cc1nc(CC2CCN(C(=O)C(C)n3ccnc3C(C)C)CC2)no1. The molecule has 2 aromatic rings. The number of rotatable bonds is 5. The maximum Gasteiger partial charge on any atom is 0.245 e. The van der Waals surface area contributed by atoms with E-state index in [1.807, 2.05) is 22.6 Å². The first-order chi connectivity index (χ1) is 12.0. The minimum Gasteiger partial charge on any atom is -0.341 e. The van der Waals surface area contributed by atoms with Gasteiger partial charge in [0.25, 0.3) is 0 Å². The monoisotopic (exact) mass is 345 g/mol. The van der Waals surface area contributed by atoms with Crippen LogP contribution in [0.3, 0.4) is 0 Å². The van der Waals surface area contributed by atoms with Gasteiger partial charge in [0.05, 0.1) is 0 Å². The molecule has 7 heteroatoms. The molecule has 1 aliphatic rings. The third kappa shape index (κ3) is 3.91. The Hall–Kier alpha value is -2.18. The summed E-state index contributed by atoms with van der Waals surface area (Å²) in [4.78, 5) is 23.5. The highest BCUT2D eigenvalue weighted by Crippen LogP contribution is 2.24. The van der Waals surface area contributed by atoms with Crippen molar-refractivity contribution in [3.05, 3.63) is 29.9 Å². The average Bonchev–Trinajstić information content (AvgIpc) is 3.23. The third-order valence-electron chi connectivity index (χ3n) is 4.96. The topological polar surface area (TPSA) is 77.1 Å². The van der Waals surface area contributed by atoms with Crippen molar-refractivity contribution in [1.29, 1.82) is 0 Å². The summed E-state index contributed by atoms with van der Waals surface area (Å²) in [7, 11) is 0. The molecule has 0 aliphatic carbocycles. The number of nitrogens with zero attached hydrogens (tertiary/aromatic N) is 5. The van der Waals surface area contributed by atoms with Crippen LogP contribution in [0.4, 0.5) is 0 Å². The van der Waals surface area contributed by atoms with Crippen molar-refractivity contribution < 1.29 is 9.32 Å². The fourth-order valence-corrected chi connectivity index (χ4v) is 3.52. The maximum absolute atomic E-state index is 12.9. The fraction of sp³-hybridized carbons (Fsp3) is 0.667. The molecule has 0 spiro atoms. The second-order valence-electron chi connectivity index (χ2n) is 7.23. The fourth-order valence-electron chi connectivity index (χ4n) is 3.52. The zero-order valence-corrected chi connectivity index (χ0v) is 15.5. The van der Waals surface area contributed by atoms with Gasteiger partial charge in [-0.15, -0.1) is 0 Å². The molecule has 0 bridgehead atoms. The number of aromatic nitrogens is 4. The molecule has 1 saturated heterocycles. The van der Waals surface area contributed by atoms with Gasteiger partial charge in [0, 0.05) is 44.7 Å². The smallest absolute Gasteiger partial charge is 0.245 e. The Morgan fingerprint density at radius 3 is 2.64 bits per heavy atom. The number of hydrogen-bond donors (Lipinski definition) is 0. The molecule has 3 rings (SSSR count). The second kappa shape index (κ2) is 7.37. The van der Waals surface area contributed by atoms with Crippen molar-refractivity contribution in [2.24, 2.45) is 5.92 Å². The van der Waals surface area contributed by atoms with E-state index in [9.17, 15) is 4.79 Å². The number of hydrogen-bond acceptors (Lipinski definition) is 5. The van der Waals surface area contributed by atoms with Gasteiger partial charge in [-0.25, -0.2) is 4.98 Å². The standard InChI is InChI=1S/C18H27N5O2/c1-12(2)17-19-7-10-23(17)13(3)18(24)22-8-5-15(6-9-22)11-16-20-14(4)25-21-16/h7,10,12-13,15H,5-6,8-9,11H2,1-4H3. The van der Waals surface area contributed by atoms with E-state index in [1.54, 1.807) is 13.1 Å². The van der Waals surface area contributed by atoms with E-state index in [1.165, 1.54) is 0 Å². The van der Waals surface area contributed by atoms with Crippen LogP contribution in [0.25, 0.3) is 0 Å². The first-order valence-electron chi connectivity index (χ1n) is 9.06. The van der Waals surface area contributed by atoms with Gasteiger partial charge in [0.1, 0.15) is 11.9 Å². The van der Waals surface area contributed by atoms with Crippen LogP contribution >= 0.6 is 0 Å². The van der Waals surface area contributed by atoms with Crippen LogP contribution in [0.15, 0.2) is 16.9 Å². The molecular weight excluding hydrogens is 318 g/mol. The molecule has 0 saturated carbocycles. The van der Waals surface area contributed by atoms with Crippen molar-refractivity contribution in [3.63, 3.8) is 0 Å². The normalized spacial score (nSPS) is 17.2. The van der Waals surface area contributed by atoms with Crippen LogP contribution in [0.5, 0.6) is 0 Å². The molecule has 1 aliphatic heterocycles. The van der Waals surface area contributed by atoms with Crippen molar-refractivity contribution in [2.45, 2.75) is 58.9 Å². The lowest BCUT2D eigenvalue weighted by atomic mass is 9.93. The summed E-state index contributed by atoms with van der Waals surface area (Å²) in [5, 5.41) is 3.98. The van der Waals surface area contributed by atoms with E-state index in [0.717, 1.165) is 44.0 Å². The minimum atomic E-state index is -0.212. The molecule has 0 N–H and O–H groups in total. The molecule has 0 aromatic carbocycles. The number of carbonyl (C=O) groups is 1. The molecule has 1 atom stereocenters. The predicted molar refractivity (Wildman–Crippen MR) is 93.1 cm³/mol. The highest BCUT2D eigenvalue weighted by Gasteiger charge is 2.28. The van der Waals surface area contributed by atoms with Crippen molar-refractivity contribution >= 4 is 5.91 Å². The zero-order chi connectivity index (χ0) is 18.0. The van der Waals surface area contributed by atoms with Crippen LogP contribution in [-0.4, -0.2) is 43.6 Å². The second-order valence-corrected chi connectivity index (χ2v) is 7.23. The minimum absolute atomic E-state index is 0.175. The van der Waals surface area contributed by atoms with E-state index in [-0.39, 0.29) is 11.9 Å². The number of amides is 1. The summed E-state index contributed by atoms with van der Waals surface area (Å²) in [6.45, 7) is 9.54. The lowest BCUT2D eigenvalue weighted by molar-refractivity contribution is -0.135. The van der Waals surface area contributed by atoms with Crippen LogP contribution in [0.1, 0.15) is 63.1 Å². The first kappa shape index (κ1) is 17.6. The zero-order valence-electron chi connectivity index (χ0n) is 15.5. The maximum atomic E-state index is 12.9. The Morgan fingerprint density at radius 1 is 1.32 bits per heavy atom. The predicted octanol–water partition coefficient (Wildman–Crippen LogP) is 2.74. The van der Waals surface area contributed by atoms with Crippen LogP contribution in [-0.2, 0) is 11.2 Å². The molecule has 25 heavy (non-hydrogen) atoms. The van der Waals surface area contributed by atoms with Gasteiger partial charge in [-0.2, -0.15) is 4.98 Å². The Bertz CT molecular complexity index is 713. The Balaban J connectivity index is 1.56. The van der Waals surface area contributed by atoms with Crippen molar-refractivity contribution in [3.8, 4) is 0 Å². The number of imidazole rings is 1. The van der Waals surface area contributed by atoms with Crippen molar-refractivity contribution in [2.75, 3.05) is 13.1 Å². The summed E-state index contributed by atoms with van der Waals surface area (Å²) in [5.74, 6) is 3.33. The van der Waals surface area contributed by atoms with Gasteiger partial charge in [-0.05, 0) is 25.7 Å². The van der Waals surface area contributed by atoms with E-state index < -0.39 is 0 Å². The molecule has 1 amide bonds. The Kier molecular flexibility index (Phi) is 5.20. The lowest BCUT2D eigenvalue weighted by Crippen LogP contribution is -2.42. The highest BCUT2D eigenvalue weighted by molar-refractivity contribution is 5.80. The van der Waals surface area contributed by atoms with Gasteiger partial charge in [0.15, 0.2) is 5.82 Å². The van der Waals surface area contributed by atoms with Crippen molar-refractivity contribution in [1.82, 2.24) is 24.6 Å². The quantitative estimate of drug-likeness (QED) is 0.833. The van der Waals surface area contributed by atoms with E-state index in [4.69, 9.17) is 4.52 Å². The van der Waals surface area contributed by atoms with Gasteiger partial charge < -0.3 is 14.0 Å². The van der Waals surface area contributed by atoms with E-state index in [0.29, 0.717) is 17.7 Å². The molecule has 0 radical (unpaired) electrons. The molecule has 2 aromatic heterocycles. The first-order valence-corrected chi connectivity index (χ1v) is 9.06. The highest BCUT2D eigenvalue weighted by atomic mass is 16.5.